The Morgan fingerprint density at radius 1 is 1.38 bits per heavy atom. The third kappa shape index (κ3) is 3.65. The highest BCUT2D eigenvalue weighted by Crippen LogP contribution is 2.11. The van der Waals surface area contributed by atoms with Crippen LogP contribution in [0.15, 0.2) is 24.5 Å². The van der Waals surface area contributed by atoms with E-state index in [2.05, 4.69) is 25.3 Å². The molecule has 3 nitrogen and oxygen atoms in total. The van der Waals surface area contributed by atoms with Crippen molar-refractivity contribution in [3.05, 3.63) is 30.1 Å². The number of rotatable bonds is 5. The molecule has 3 heteroatoms. The number of aromatic nitrogens is 1. The first kappa shape index (κ1) is 12.7. The maximum Gasteiger partial charge on any atom is 0.254 e. The van der Waals surface area contributed by atoms with Crippen LogP contribution < -0.4 is 10.3 Å². The zero-order chi connectivity index (χ0) is 12.1. The van der Waals surface area contributed by atoms with Gasteiger partial charge in [0.25, 0.3) is 5.91 Å². The molecule has 16 heavy (non-hydrogen) atoms. The molecule has 0 aliphatic carbocycles. The molecule has 0 aliphatic rings. The van der Waals surface area contributed by atoms with Gasteiger partial charge >= 0.3 is 0 Å². The highest BCUT2D eigenvalue weighted by Gasteiger charge is 2.14. The first-order valence-electron chi connectivity index (χ1n) is 5.81. The predicted octanol–water partition coefficient (Wildman–Crippen LogP) is 2.07. The topological polar surface area (TPSA) is 47.0 Å². The summed E-state index contributed by atoms with van der Waals surface area (Å²) in [6, 6.07) is 4.02. The second kappa shape index (κ2) is 5.64. The van der Waals surface area contributed by atoms with Gasteiger partial charge in [-0.05, 0) is 25.3 Å². The Morgan fingerprint density at radius 2 is 2.06 bits per heavy atom. The van der Waals surface area contributed by atoms with Crippen LogP contribution in [-0.4, -0.2) is 5.91 Å². The summed E-state index contributed by atoms with van der Waals surface area (Å²) in [4.78, 5) is 11.1. The monoisotopic (exact) mass is 221 g/mol. The normalized spacial score (nSPS) is 12.8. The molecule has 1 heterocycles. The Kier molecular flexibility index (Phi) is 4.47. The van der Waals surface area contributed by atoms with Crippen molar-refractivity contribution in [1.29, 1.82) is 0 Å². The van der Waals surface area contributed by atoms with Crippen LogP contribution in [0.25, 0.3) is 0 Å². The molecule has 0 bridgehead atoms. The van der Waals surface area contributed by atoms with E-state index in [4.69, 9.17) is 5.73 Å². The number of carbonyl (C=O) groups excluding carboxylic acids is 1. The fourth-order valence-electron chi connectivity index (χ4n) is 1.64. The number of amides is 1. The Bertz CT molecular complexity index is 361. The largest absolute Gasteiger partial charge is 0.365 e. The summed E-state index contributed by atoms with van der Waals surface area (Å²) in [6.07, 6.45) is 6.12. The number of hydrogen-bond donors (Lipinski definition) is 1. The van der Waals surface area contributed by atoms with E-state index in [1.807, 2.05) is 18.5 Å². The van der Waals surface area contributed by atoms with E-state index in [0.29, 0.717) is 17.5 Å². The number of pyridine rings is 1. The number of carbonyl (C=O) groups is 1. The number of hydrogen-bond acceptors (Lipinski definition) is 1. The van der Waals surface area contributed by atoms with Gasteiger partial charge in [0.15, 0.2) is 18.4 Å². The van der Waals surface area contributed by atoms with Crippen LogP contribution in [0.1, 0.15) is 50.0 Å². The van der Waals surface area contributed by atoms with Gasteiger partial charge < -0.3 is 5.73 Å². The first-order valence-corrected chi connectivity index (χ1v) is 5.81. The molecule has 1 aromatic rings. The predicted molar refractivity (Wildman–Crippen MR) is 63.9 cm³/mol. The van der Waals surface area contributed by atoms with Gasteiger partial charge in [-0.25, -0.2) is 4.57 Å². The van der Waals surface area contributed by atoms with E-state index in [9.17, 15) is 4.79 Å². The van der Waals surface area contributed by atoms with Crippen molar-refractivity contribution in [3.63, 3.8) is 0 Å². The standard InChI is InChI=1S/C13H20N2O/c1-10(2)6-7-11(3)15-8-4-5-12(9-15)13(14)16/h4-5,8-11H,6-7H2,1-3H3,(H-,14,16)/p+1. The van der Waals surface area contributed by atoms with Crippen LogP contribution in [0, 0.1) is 5.92 Å². The summed E-state index contributed by atoms with van der Waals surface area (Å²) >= 11 is 0. The highest BCUT2D eigenvalue weighted by molar-refractivity contribution is 5.92. The lowest BCUT2D eigenvalue weighted by Gasteiger charge is -2.09. The summed E-state index contributed by atoms with van der Waals surface area (Å²) in [7, 11) is 0. The fourth-order valence-corrected chi connectivity index (χ4v) is 1.64. The molecule has 0 aromatic carbocycles. The third-order valence-corrected chi connectivity index (χ3v) is 2.78. The van der Waals surface area contributed by atoms with Crippen molar-refractivity contribution < 1.29 is 9.36 Å². The van der Waals surface area contributed by atoms with Crippen molar-refractivity contribution in [3.8, 4) is 0 Å². The van der Waals surface area contributed by atoms with Crippen molar-refractivity contribution in [2.24, 2.45) is 11.7 Å². The second-order valence-electron chi connectivity index (χ2n) is 4.72. The number of primary amides is 1. The molecule has 1 unspecified atom stereocenters. The van der Waals surface area contributed by atoms with E-state index in [1.54, 1.807) is 6.07 Å². The Morgan fingerprint density at radius 3 is 2.62 bits per heavy atom. The van der Waals surface area contributed by atoms with Crippen LogP contribution in [-0.2, 0) is 0 Å². The SMILES string of the molecule is CC(C)CCC(C)[n+]1cccc(C(N)=O)c1. The molecule has 1 atom stereocenters. The van der Waals surface area contributed by atoms with Gasteiger partial charge in [-0.3, -0.25) is 4.79 Å². The zero-order valence-electron chi connectivity index (χ0n) is 10.3. The van der Waals surface area contributed by atoms with E-state index in [0.717, 1.165) is 6.42 Å². The second-order valence-corrected chi connectivity index (χ2v) is 4.72. The Labute approximate surface area is 97.3 Å². The quantitative estimate of drug-likeness (QED) is 0.760. The maximum absolute atomic E-state index is 11.1. The third-order valence-electron chi connectivity index (χ3n) is 2.78. The minimum atomic E-state index is -0.370. The summed E-state index contributed by atoms with van der Waals surface area (Å²) in [5.74, 6) is 0.341. The van der Waals surface area contributed by atoms with Gasteiger partial charge in [-0.2, -0.15) is 0 Å². The Hall–Kier alpha value is -1.38. The molecule has 1 amide bonds. The lowest BCUT2D eigenvalue weighted by atomic mass is 10.0. The molecule has 0 radical (unpaired) electrons. The molecule has 0 saturated carbocycles. The molecular formula is C13H21N2O+. The van der Waals surface area contributed by atoms with Gasteiger partial charge in [0, 0.05) is 12.5 Å². The van der Waals surface area contributed by atoms with Crippen molar-refractivity contribution in [2.75, 3.05) is 0 Å². The minimum absolute atomic E-state index is 0.370. The maximum atomic E-state index is 11.1. The smallest absolute Gasteiger partial charge is 0.254 e. The number of nitrogens with zero attached hydrogens (tertiary/aromatic N) is 1. The van der Waals surface area contributed by atoms with Crippen LogP contribution in [0.5, 0.6) is 0 Å². The van der Waals surface area contributed by atoms with Crippen LogP contribution >= 0.6 is 0 Å². The molecule has 0 aliphatic heterocycles. The highest BCUT2D eigenvalue weighted by atomic mass is 16.1. The van der Waals surface area contributed by atoms with E-state index in [1.165, 1.54) is 6.42 Å². The summed E-state index contributed by atoms with van der Waals surface area (Å²) in [5, 5.41) is 0. The van der Waals surface area contributed by atoms with E-state index in [-0.39, 0.29) is 5.91 Å². The number of nitrogens with two attached hydrogens (primary N) is 1. The van der Waals surface area contributed by atoms with Crippen LogP contribution in [0.4, 0.5) is 0 Å². The molecule has 0 fully saturated rings. The molecule has 2 N–H and O–H groups in total. The van der Waals surface area contributed by atoms with E-state index >= 15 is 0 Å². The lowest BCUT2D eigenvalue weighted by Crippen LogP contribution is -2.38. The van der Waals surface area contributed by atoms with Gasteiger partial charge in [-0.1, -0.05) is 13.8 Å². The molecule has 1 rings (SSSR count). The van der Waals surface area contributed by atoms with Crippen LogP contribution in [0.3, 0.4) is 0 Å². The average molecular weight is 221 g/mol. The molecule has 0 saturated heterocycles. The first-order chi connectivity index (χ1) is 7.50. The lowest BCUT2D eigenvalue weighted by molar-refractivity contribution is -0.720. The van der Waals surface area contributed by atoms with Crippen LogP contribution in [0.2, 0.25) is 0 Å². The summed E-state index contributed by atoms with van der Waals surface area (Å²) in [5.41, 5.74) is 5.82. The summed E-state index contributed by atoms with van der Waals surface area (Å²) < 4.78 is 2.06. The zero-order valence-corrected chi connectivity index (χ0v) is 10.3. The fraction of sp³-hybridized carbons (Fsp3) is 0.538. The van der Waals surface area contributed by atoms with Crippen molar-refractivity contribution >= 4 is 5.91 Å². The summed E-state index contributed by atoms with van der Waals surface area (Å²) in [6.45, 7) is 6.60. The Balaban J connectivity index is 2.71. The molecule has 1 aromatic heterocycles. The van der Waals surface area contributed by atoms with Crippen molar-refractivity contribution in [1.82, 2.24) is 0 Å². The van der Waals surface area contributed by atoms with Gasteiger partial charge in [0.05, 0.1) is 0 Å². The molecular weight excluding hydrogens is 200 g/mol. The minimum Gasteiger partial charge on any atom is -0.365 e. The van der Waals surface area contributed by atoms with E-state index < -0.39 is 0 Å². The molecule has 88 valence electrons. The van der Waals surface area contributed by atoms with Crippen molar-refractivity contribution in [2.45, 2.75) is 39.7 Å². The van der Waals surface area contributed by atoms with Gasteiger partial charge in [-0.15, -0.1) is 0 Å². The van der Waals surface area contributed by atoms with Gasteiger partial charge in [0.1, 0.15) is 5.56 Å². The average Bonchev–Trinajstić information content (AvgIpc) is 2.26. The molecule has 0 spiro atoms. The van der Waals surface area contributed by atoms with Gasteiger partial charge in [0.2, 0.25) is 0 Å².